The highest BCUT2D eigenvalue weighted by Gasteiger charge is 2.24. The number of para-hydroxylation sites is 10. The first kappa shape index (κ1) is 90.8. The molecule has 0 aliphatic carbocycles. The second kappa shape index (κ2) is 41.1. The normalized spacial score (nSPS) is 12.6. The molecule has 8 N–H and O–H groups in total. The Kier molecular flexibility index (Phi) is 25.2. The Morgan fingerprint density at radius 3 is 0.770 bits per heavy atom. The summed E-state index contributed by atoms with van der Waals surface area (Å²) in [5.74, 6) is 3.51. The number of aryl methyl sites for hydroxylation is 4. The van der Waals surface area contributed by atoms with Crippen molar-refractivity contribution in [1.82, 2.24) is 0 Å². The number of nitrogens with one attached hydrogen (secondary N) is 8. The average molecular weight is 1940 g/mol. The zero-order valence-corrected chi connectivity index (χ0v) is 82.6. The summed E-state index contributed by atoms with van der Waals surface area (Å²) >= 11 is 3.67. The first-order valence-corrected chi connectivity index (χ1v) is 52.0. The van der Waals surface area contributed by atoms with Crippen molar-refractivity contribution in [2.75, 3.05) is 42.5 Å². The van der Waals surface area contributed by atoms with Crippen molar-refractivity contribution in [2.45, 2.75) is 45.3 Å². The van der Waals surface area contributed by atoms with Crippen LogP contribution in [0.2, 0.25) is 0 Å². The summed E-state index contributed by atoms with van der Waals surface area (Å²) in [6.45, 7) is 0. The third kappa shape index (κ3) is 19.8. The number of hydrogen-bond acceptors (Lipinski definition) is 12. The molecule has 8 aliphatic heterocycles. The predicted octanol–water partition coefficient (Wildman–Crippen LogP) is 39.0. The largest absolute Gasteiger partial charge is 0.453 e. The van der Waals surface area contributed by atoms with Crippen molar-refractivity contribution >= 4 is 225 Å². The van der Waals surface area contributed by atoms with Crippen molar-refractivity contribution < 1.29 is 9.47 Å². The van der Waals surface area contributed by atoms with E-state index in [-0.39, 0.29) is 0 Å². The van der Waals surface area contributed by atoms with E-state index in [1.165, 1.54) is 207 Å². The maximum atomic E-state index is 6.13. The van der Waals surface area contributed by atoms with Gasteiger partial charge in [-0.2, -0.15) is 0 Å². The van der Waals surface area contributed by atoms with Crippen LogP contribution in [0, 0.1) is 0 Å². The van der Waals surface area contributed by atoms with Gasteiger partial charge in [0.15, 0.2) is 23.0 Å². The maximum absolute atomic E-state index is 6.13. The molecule has 0 amide bonds. The first-order valence-electron chi connectivity index (χ1n) is 50.3. The molecule has 24 aromatic rings. The summed E-state index contributed by atoms with van der Waals surface area (Å²) in [6, 6.07) is 170. The number of rotatable bonds is 0. The van der Waals surface area contributed by atoms with E-state index >= 15 is 0 Å². The minimum Gasteiger partial charge on any atom is -0.453 e. The fourth-order valence-corrected chi connectivity index (χ4v) is 22.3. The molecule has 0 radical (unpaired) electrons. The third-order valence-electron chi connectivity index (χ3n) is 27.9. The summed E-state index contributed by atoms with van der Waals surface area (Å²) < 4.78 is 11.8. The van der Waals surface area contributed by atoms with Gasteiger partial charge in [0.1, 0.15) is 0 Å². The molecular weight excluding hydrogens is 1840 g/mol. The zero-order chi connectivity index (χ0) is 98.4. The molecule has 24 aromatic carbocycles. The van der Waals surface area contributed by atoms with Gasteiger partial charge in [0.25, 0.3) is 0 Å². The van der Waals surface area contributed by atoms with Gasteiger partial charge in [-0.15, -0.1) is 0 Å². The van der Waals surface area contributed by atoms with E-state index < -0.39 is 0 Å². The van der Waals surface area contributed by atoms with Crippen LogP contribution in [0.4, 0.5) is 91.0 Å². The van der Waals surface area contributed by atoms with Gasteiger partial charge in [0.05, 0.1) is 45.5 Å². The van der Waals surface area contributed by atoms with E-state index in [0.29, 0.717) is 0 Å². The molecule has 0 fully saturated rings. The van der Waals surface area contributed by atoms with Crippen LogP contribution in [0.25, 0.3) is 110 Å². The standard InChI is InChI=1S/C22H17N.C22H15N.C20H13NO.C20H13NS.C14H13N.C14H11N.C12H9NO.C12H9NS/c2*1-3-7-17-13-21-19(11-15(17)5-1)9-10-20-12-16-6-2-4-8-18(16)14-22(20)23-21;2*1-3-7-15-11-19-17(9-13(15)5-1)21-18-10-14-6-2-4-8-16(14)12-20(18)22-19;2*1-3-7-13-11(5-1)9-10-12-6-2-4-8-14(12)15-13;2*1-3-7-11-9(5-1)13-10-6-2-4-8-12(10)14-11/h1-8,11-14,23H,9-10H2;1-14,23H;2*1-12,21H;1-8,15H,9-10H2;1-10,15H;2*1-8,13H. The Hall–Kier alpha value is -18.5. The van der Waals surface area contributed by atoms with Gasteiger partial charge < -0.3 is 52.0 Å². The summed E-state index contributed by atoms with van der Waals surface area (Å²) in [5.41, 5.74) is 29.1. The van der Waals surface area contributed by atoms with Crippen molar-refractivity contribution in [2.24, 2.45) is 0 Å². The Balaban J connectivity index is 0.0000000886. The molecule has 8 aliphatic rings. The van der Waals surface area contributed by atoms with Gasteiger partial charge in [-0.05, 0) is 326 Å². The second-order valence-corrected chi connectivity index (χ2v) is 39.8. The van der Waals surface area contributed by atoms with Crippen LogP contribution in [0.5, 0.6) is 23.0 Å². The molecule has 32 rings (SSSR count). The summed E-state index contributed by atoms with van der Waals surface area (Å²) in [5, 5.41) is 48.3. The topological polar surface area (TPSA) is 115 Å². The van der Waals surface area contributed by atoms with Crippen molar-refractivity contribution in [1.29, 1.82) is 0 Å². The Morgan fingerprint density at radius 2 is 0.365 bits per heavy atom. The number of ether oxygens (including phenoxy) is 2. The first-order chi connectivity index (χ1) is 73.2. The highest BCUT2D eigenvalue weighted by molar-refractivity contribution is 8.00. The summed E-state index contributed by atoms with van der Waals surface area (Å²) in [6.07, 6.45) is 13.1. The van der Waals surface area contributed by atoms with Crippen LogP contribution in [0.1, 0.15) is 44.5 Å². The third-order valence-corrected chi connectivity index (χ3v) is 30.2. The van der Waals surface area contributed by atoms with E-state index in [1.807, 2.05) is 96.3 Å². The lowest BCUT2D eigenvalue weighted by molar-refractivity contribution is 0.481. The van der Waals surface area contributed by atoms with Gasteiger partial charge in [0, 0.05) is 65.1 Å². The lowest BCUT2D eigenvalue weighted by Crippen LogP contribution is -2.02. The number of hydrogen-bond donors (Lipinski definition) is 8. The van der Waals surface area contributed by atoms with Gasteiger partial charge >= 0.3 is 0 Å². The SMILES string of the molecule is C1=Cc2cc3ccccc3cc2Nc2cc3ccccc3cc21.C1=Cc2ccccc2Nc2ccccc21.c1ccc2c(c1)CCc1ccccc1N2.c1ccc2c(c1)Nc1ccccc1O2.c1ccc2c(c1)Nc1ccccc1S2.c1ccc2cc3c(cc2c1)CCc1cc2ccccc2cc1N3.c1ccc2cc3c(cc2c1)Nc1cc2ccccc2cc1O3.c1ccc2cc3c(cc2c1)Nc1cc2ccccc2cc1S3. The molecular formula is C136H100N8O2S2. The van der Waals surface area contributed by atoms with Crippen LogP contribution < -0.4 is 52.0 Å². The molecule has 8 heterocycles. The van der Waals surface area contributed by atoms with E-state index in [1.54, 1.807) is 0 Å². The minimum absolute atomic E-state index is 0.876. The van der Waals surface area contributed by atoms with Gasteiger partial charge in [-0.1, -0.05) is 363 Å². The Labute approximate surface area is 868 Å². The highest BCUT2D eigenvalue weighted by Crippen LogP contribution is 2.51. The predicted molar refractivity (Wildman–Crippen MR) is 630 cm³/mol. The molecule has 12 heteroatoms. The quantitative estimate of drug-likeness (QED) is 0.0740. The zero-order valence-electron chi connectivity index (χ0n) is 81.0. The second-order valence-electron chi connectivity index (χ2n) is 37.6. The van der Waals surface area contributed by atoms with Crippen molar-refractivity contribution in [3.8, 4) is 23.0 Å². The fourth-order valence-electron chi connectivity index (χ4n) is 20.2. The molecule has 0 atom stereocenters. The molecule has 0 aromatic heterocycles. The monoisotopic (exact) mass is 1940 g/mol. The van der Waals surface area contributed by atoms with Crippen LogP contribution in [0.3, 0.4) is 0 Å². The van der Waals surface area contributed by atoms with Gasteiger partial charge in [-0.25, -0.2) is 0 Å². The molecule has 708 valence electrons. The number of anilines is 16. The summed E-state index contributed by atoms with van der Waals surface area (Å²) in [7, 11) is 0. The van der Waals surface area contributed by atoms with Crippen LogP contribution in [-0.2, 0) is 25.7 Å². The lowest BCUT2D eigenvalue weighted by Gasteiger charge is -2.23. The van der Waals surface area contributed by atoms with Crippen LogP contribution in [-0.4, -0.2) is 0 Å². The fraction of sp³-hybridized carbons (Fsp3) is 0.0294. The lowest BCUT2D eigenvalue weighted by atomic mass is 9.99. The van der Waals surface area contributed by atoms with Crippen molar-refractivity contribution in [3.05, 3.63) is 530 Å². The average Bonchev–Trinajstić information content (AvgIpc) is 1.03. The minimum atomic E-state index is 0.876. The molecule has 0 unspecified atom stereocenters. The number of benzene rings is 24. The molecule has 10 nitrogen and oxygen atoms in total. The van der Waals surface area contributed by atoms with Crippen LogP contribution >= 0.6 is 23.5 Å². The van der Waals surface area contributed by atoms with E-state index in [9.17, 15) is 0 Å². The van der Waals surface area contributed by atoms with E-state index in [0.717, 1.165) is 82.8 Å². The molecule has 0 bridgehead atoms. The van der Waals surface area contributed by atoms with E-state index in [2.05, 4.69) is 479 Å². The Morgan fingerprint density at radius 1 is 0.135 bits per heavy atom. The van der Waals surface area contributed by atoms with Gasteiger partial charge in [-0.3, -0.25) is 0 Å². The Bertz CT molecular complexity index is 8280. The molecule has 0 spiro atoms. The molecule has 148 heavy (non-hydrogen) atoms. The highest BCUT2D eigenvalue weighted by atomic mass is 32.2. The van der Waals surface area contributed by atoms with Crippen LogP contribution in [0.15, 0.2) is 505 Å². The maximum Gasteiger partial charge on any atom is 0.151 e. The smallest absolute Gasteiger partial charge is 0.151 e. The van der Waals surface area contributed by atoms with Crippen molar-refractivity contribution in [3.63, 3.8) is 0 Å². The van der Waals surface area contributed by atoms with Gasteiger partial charge in [0.2, 0.25) is 0 Å². The van der Waals surface area contributed by atoms with E-state index in [4.69, 9.17) is 9.47 Å². The summed E-state index contributed by atoms with van der Waals surface area (Å²) in [4.78, 5) is 5.18. The molecule has 0 saturated heterocycles. The number of fused-ring (bicyclic) bond motifs is 24. The molecule has 0 saturated carbocycles.